The van der Waals surface area contributed by atoms with E-state index in [0.29, 0.717) is 28.8 Å². The molecular formula is C30H25ClN2O3S. The highest BCUT2D eigenvalue weighted by Gasteiger charge is 2.36. The number of aliphatic carboxylic acids is 1. The number of carboxylic acid groups (broad SMARTS) is 1. The van der Waals surface area contributed by atoms with Crippen molar-refractivity contribution >= 4 is 39.9 Å². The van der Waals surface area contributed by atoms with Gasteiger partial charge in [0.15, 0.2) is 5.13 Å². The Kier molecular flexibility index (Phi) is 7.49. The second-order valence-electron chi connectivity index (χ2n) is 8.95. The third kappa shape index (κ3) is 5.50. The zero-order chi connectivity index (χ0) is 25.8. The summed E-state index contributed by atoms with van der Waals surface area (Å²) in [5, 5.41) is 12.7. The molecule has 0 radical (unpaired) electrons. The van der Waals surface area contributed by atoms with Gasteiger partial charge in [0.05, 0.1) is 18.0 Å². The lowest BCUT2D eigenvalue weighted by Crippen LogP contribution is -2.40. The van der Waals surface area contributed by atoms with E-state index in [1.165, 1.54) is 11.3 Å². The molecule has 5 rings (SSSR count). The highest BCUT2D eigenvalue weighted by Crippen LogP contribution is 2.38. The van der Waals surface area contributed by atoms with E-state index >= 15 is 0 Å². The van der Waals surface area contributed by atoms with Gasteiger partial charge in [-0.15, -0.1) is 11.3 Å². The molecule has 2 atom stereocenters. The first-order valence-electron chi connectivity index (χ1n) is 12.0. The molecule has 1 aliphatic heterocycles. The quantitative estimate of drug-likeness (QED) is 0.266. The maximum atomic E-state index is 13.9. The fourth-order valence-electron chi connectivity index (χ4n) is 4.74. The molecule has 0 spiro atoms. The van der Waals surface area contributed by atoms with Gasteiger partial charge in [0, 0.05) is 22.5 Å². The minimum absolute atomic E-state index is 0.232. The third-order valence-electron chi connectivity index (χ3n) is 6.63. The molecule has 1 N–H and O–H groups in total. The minimum atomic E-state index is -0.996. The van der Waals surface area contributed by atoms with Crippen LogP contribution in [-0.2, 0) is 9.59 Å². The molecule has 1 aromatic heterocycles. The number of thiazole rings is 1. The number of hydrogen-bond donors (Lipinski definition) is 1. The van der Waals surface area contributed by atoms with Crippen molar-refractivity contribution in [1.29, 1.82) is 0 Å². The van der Waals surface area contributed by atoms with E-state index < -0.39 is 11.9 Å². The Labute approximate surface area is 224 Å². The number of allylic oxidation sites excluding steroid dienone is 1. The summed E-state index contributed by atoms with van der Waals surface area (Å²) >= 11 is 7.71. The van der Waals surface area contributed by atoms with Crippen molar-refractivity contribution in [2.45, 2.75) is 18.8 Å². The second kappa shape index (κ2) is 11.1. The molecule has 0 saturated heterocycles. The first-order chi connectivity index (χ1) is 18.0. The van der Waals surface area contributed by atoms with Gasteiger partial charge in [0.2, 0.25) is 5.91 Å². The summed E-state index contributed by atoms with van der Waals surface area (Å²) in [7, 11) is 0. The smallest absolute Gasteiger partial charge is 0.304 e. The number of halogens is 1. The van der Waals surface area contributed by atoms with Crippen LogP contribution in [0.4, 0.5) is 5.13 Å². The van der Waals surface area contributed by atoms with Crippen molar-refractivity contribution in [2.75, 3.05) is 11.4 Å². The van der Waals surface area contributed by atoms with Gasteiger partial charge in [-0.05, 0) is 35.1 Å². The van der Waals surface area contributed by atoms with Gasteiger partial charge in [0.1, 0.15) is 0 Å². The van der Waals surface area contributed by atoms with Crippen LogP contribution in [0.1, 0.15) is 24.3 Å². The van der Waals surface area contributed by atoms with Gasteiger partial charge in [-0.25, -0.2) is 4.98 Å². The van der Waals surface area contributed by atoms with Crippen LogP contribution in [-0.4, -0.2) is 28.5 Å². The number of benzene rings is 3. The number of carboxylic acids is 1. The summed E-state index contributed by atoms with van der Waals surface area (Å²) in [6.07, 6.45) is 4.32. The molecule has 0 saturated carbocycles. The Bertz CT molecular complexity index is 1430. The standard InChI is InChI=1S/C30H25ClN2O3S/c31-26-12-5-4-11-24(26)27-19-37-30(32-27)33-17-7-6-10-23(25(29(33)36)18-28(34)35)22-15-13-21(14-16-22)20-8-2-1-3-9-20/h1-9,11-16,19,23,25H,10,17-18H2,(H,34,35)/b7-6-/t23-,25+/m1/s1. The van der Waals surface area contributed by atoms with Gasteiger partial charge in [-0.3, -0.25) is 14.5 Å². The summed E-state index contributed by atoms with van der Waals surface area (Å²) < 4.78 is 0. The molecule has 37 heavy (non-hydrogen) atoms. The van der Waals surface area contributed by atoms with Crippen molar-refractivity contribution in [3.8, 4) is 22.4 Å². The first kappa shape index (κ1) is 24.9. The normalized spacial score (nSPS) is 18.7. The number of aromatic nitrogens is 1. The highest BCUT2D eigenvalue weighted by molar-refractivity contribution is 7.14. The Morgan fingerprint density at radius 3 is 2.41 bits per heavy atom. The van der Waals surface area contributed by atoms with Crippen LogP contribution in [0.15, 0.2) is 96.4 Å². The third-order valence-corrected chi connectivity index (χ3v) is 7.82. The number of hydrogen-bond acceptors (Lipinski definition) is 4. The molecule has 3 aromatic carbocycles. The fourth-order valence-corrected chi connectivity index (χ4v) is 5.81. The Morgan fingerprint density at radius 2 is 1.68 bits per heavy atom. The Hall–Kier alpha value is -3.74. The van der Waals surface area contributed by atoms with Crippen molar-refractivity contribution < 1.29 is 14.7 Å². The maximum Gasteiger partial charge on any atom is 0.304 e. The lowest BCUT2D eigenvalue weighted by Gasteiger charge is -2.31. The van der Waals surface area contributed by atoms with Gasteiger partial charge < -0.3 is 5.11 Å². The molecule has 0 bridgehead atoms. The summed E-state index contributed by atoms with van der Waals surface area (Å²) in [6.45, 7) is 0.337. The van der Waals surface area contributed by atoms with E-state index in [9.17, 15) is 14.7 Å². The lowest BCUT2D eigenvalue weighted by molar-refractivity contribution is -0.141. The van der Waals surface area contributed by atoms with Gasteiger partial charge >= 0.3 is 5.97 Å². The van der Waals surface area contributed by atoms with Crippen LogP contribution in [0.5, 0.6) is 0 Å². The van der Waals surface area contributed by atoms with Crippen molar-refractivity contribution in [2.24, 2.45) is 5.92 Å². The molecule has 5 nitrogen and oxygen atoms in total. The largest absolute Gasteiger partial charge is 0.481 e. The number of amides is 1. The summed E-state index contributed by atoms with van der Waals surface area (Å²) in [6, 6.07) is 25.6. The number of rotatable bonds is 6. The van der Waals surface area contributed by atoms with Crippen LogP contribution in [0.2, 0.25) is 5.02 Å². The SMILES string of the molecule is O=C(O)C[C@@H]1C(=O)N(c2nc(-c3ccccc3Cl)cs2)C/C=C\C[C@@H]1c1ccc(-c2ccccc2)cc1. The van der Waals surface area contributed by atoms with Gasteiger partial charge in [0.25, 0.3) is 0 Å². The molecule has 1 amide bonds. The van der Waals surface area contributed by atoms with Crippen LogP contribution in [0.3, 0.4) is 0 Å². The van der Waals surface area contributed by atoms with Crippen molar-refractivity contribution in [3.63, 3.8) is 0 Å². The molecule has 186 valence electrons. The van der Waals surface area contributed by atoms with E-state index in [1.807, 2.05) is 90.3 Å². The first-order valence-corrected chi connectivity index (χ1v) is 13.3. The molecule has 0 aliphatic carbocycles. The topological polar surface area (TPSA) is 70.5 Å². The Balaban J connectivity index is 1.46. The predicted octanol–water partition coefficient (Wildman–Crippen LogP) is 7.30. The molecule has 4 aromatic rings. The van der Waals surface area contributed by atoms with Gasteiger partial charge in [-0.2, -0.15) is 0 Å². The number of anilines is 1. The summed E-state index contributed by atoms with van der Waals surface area (Å²) in [5.74, 6) is -2.22. The highest BCUT2D eigenvalue weighted by atomic mass is 35.5. The zero-order valence-corrected chi connectivity index (χ0v) is 21.5. The average Bonchev–Trinajstić information content (AvgIpc) is 3.39. The molecule has 2 heterocycles. The summed E-state index contributed by atoms with van der Waals surface area (Å²) in [4.78, 5) is 32.1. The van der Waals surface area contributed by atoms with Crippen LogP contribution in [0.25, 0.3) is 22.4 Å². The van der Waals surface area contributed by atoms with E-state index in [4.69, 9.17) is 16.6 Å². The van der Waals surface area contributed by atoms with Crippen molar-refractivity contribution in [3.05, 3.63) is 107 Å². The molecule has 1 aliphatic rings. The monoisotopic (exact) mass is 528 g/mol. The van der Waals surface area contributed by atoms with Crippen LogP contribution >= 0.6 is 22.9 Å². The molecule has 0 fully saturated rings. The van der Waals surface area contributed by atoms with E-state index in [-0.39, 0.29) is 18.2 Å². The number of carbonyl (C=O) groups excluding carboxylic acids is 1. The van der Waals surface area contributed by atoms with Crippen LogP contribution in [0, 0.1) is 5.92 Å². The number of nitrogens with zero attached hydrogens (tertiary/aromatic N) is 2. The molecular weight excluding hydrogens is 504 g/mol. The molecule has 0 unspecified atom stereocenters. The number of carbonyl (C=O) groups is 2. The van der Waals surface area contributed by atoms with Crippen molar-refractivity contribution in [1.82, 2.24) is 4.98 Å². The van der Waals surface area contributed by atoms with E-state index in [2.05, 4.69) is 0 Å². The predicted molar refractivity (Wildman–Crippen MR) is 149 cm³/mol. The maximum absolute atomic E-state index is 13.9. The minimum Gasteiger partial charge on any atom is -0.481 e. The van der Waals surface area contributed by atoms with Crippen LogP contribution < -0.4 is 4.90 Å². The molecule has 7 heteroatoms. The van der Waals surface area contributed by atoms with E-state index in [0.717, 1.165) is 22.3 Å². The second-order valence-corrected chi connectivity index (χ2v) is 10.2. The Morgan fingerprint density at radius 1 is 0.973 bits per heavy atom. The zero-order valence-electron chi connectivity index (χ0n) is 20.0. The lowest BCUT2D eigenvalue weighted by atomic mass is 9.79. The summed E-state index contributed by atoms with van der Waals surface area (Å²) in [5.41, 5.74) is 4.60. The average molecular weight is 529 g/mol. The van der Waals surface area contributed by atoms with E-state index in [1.54, 1.807) is 11.0 Å². The van der Waals surface area contributed by atoms with Gasteiger partial charge in [-0.1, -0.05) is 96.5 Å². The fraction of sp³-hybridized carbons (Fsp3) is 0.167.